The van der Waals surface area contributed by atoms with Crippen LogP contribution in [0.5, 0.6) is 0 Å². The number of likely N-dealkylation sites (tertiary alicyclic amines) is 1. The summed E-state index contributed by atoms with van der Waals surface area (Å²) < 4.78 is 0. The summed E-state index contributed by atoms with van der Waals surface area (Å²) in [4.78, 5) is 30.3. The van der Waals surface area contributed by atoms with Gasteiger partial charge in [-0.25, -0.2) is 0 Å². The van der Waals surface area contributed by atoms with Crippen molar-refractivity contribution in [2.75, 3.05) is 13.1 Å². The van der Waals surface area contributed by atoms with E-state index in [0.717, 1.165) is 36.2 Å². The lowest BCUT2D eigenvalue weighted by Gasteiger charge is -2.33. The highest BCUT2D eigenvalue weighted by Crippen LogP contribution is 2.34. The highest BCUT2D eigenvalue weighted by Gasteiger charge is 2.42. The third kappa shape index (κ3) is 3.47. The predicted octanol–water partition coefficient (Wildman–Crippen LogP) is 4.01. The van der Waals surface area contributed by atoms with Gasteiger partial charge in [-0.1, -0.05) is 67.1 Å². The zero-order valence-corrected chi connectivity index (χ0v) is 16.5. The van der Waals surface area contributed by atoms with Crippen LogP contribution >= 0.6 is 0 Å². The van der Waals surface area contributed by atoms with Gasteiger partial charge in [-0.05, 0) is 36.8 Å². The van der Waals surface area contributed by atoms with E-state index in [1.165, 1.54) is 11.3 Å². The van der Waals surface area contributed by atoms with E-state index in [-0.39, 0.29) is 11.8 Å². The maximum Gasteiger partial charge on any atom is 0.278 e. The van der Waals surface area contributed by atoms with Crippen LogP contribution in [0.3, 0.4) is 0 Å². The van der Waals surface area contributed by atoms with Crippen LogP contribution in [-0.2, 0) is 16.1 Å². The largest absolute Gasteiger partial charge is 0.366 e. The highest BCUT2D eigenvalue weighted by molar-refractivity contribution is 6.35. The summed E-state index contributed by atoms with van der Waals surface area (Å²) in [6.45, 7) is 6.19. The van der Waals surface area contributed by atoms with Crippen molar-refractivity contribution in [1.82, 2.24) is 9.80 Å². The van der Waals surface area contributed by atoms with E-state index in [4.69, 9.17) is 0 Å². The van der Waals surface area contributed by atoms with Gasteiger partial charge in [0.05, 0.1) is 12.1 Å². The van der Waals surface area contributed by atoms with Gasteiger partial charge in [0.25, 0.3) is 11.8 Å². The van der Waals surface area contributed by atoms with Crippen molar-refractivity contribution in [2.24, 2.45) is 5.92 Å². The molecule has 2 aliphatic rings. The Morgan fingerprint density at radius 3 is 2.36 bits per heavy atom. The normalized spacial score (nSPS) is 20.3. The van der Waals surface area contributed by atoms with Crippen LogP contribution in [0.1, 0.15) is 36.5 Å². The molecule has 28 heavy (non-hydrogen) atoms. The number of hydrogen-bond donors (Lipinski definition) is 0. The second kappa shape index (κ2) is 7.63. The molecule has 0 bridgehead atoms. The fourth-order valence-corrected chi connectivity index (χ4v) is 4.14. The molecule has 1 fully saturated rings. The number of benzene rings is 2. The minimum Gasteiger partial charge on any atom is -0.366 e. The third-order valence-electron chi connectivity index (χ3n) is 5.64. The Labute approximate surface area is 166 Å². The molecule has 0 radical (unpaired) electrons. The molecule has 0 N–H and O–H groups in total. The molecule has 1 unspecified atom stereocenters. The van der Waals surface area contributed by atoms with Crippen LogP contribution in [0.2, 0.25) is 0 Å². The number of piperidine rings is 1. The summed E-state index contributed by atoms with van der Waals surface area (Å²) in [7, 11) is 0. The average molecular weight is 374 g/mol. The summed E-state index contributed by atoms with van der Waals surface area (Å²) in [5.41, 5.74) is 4.05. The maximum absolute atomic E-state index is 13.4. The molecule has 0 spiro atoms. The first-order valence-electron chi connectivity index (χ1n) is 10.0. The molecule has 0 aromatic heterocycles. The predicted molar refractivity (Wildman–Crippen MR) is 110 cm³/mol. The summed E-state index contributed by atoms with van der Waals surface area (Å²) in [5.74, 6) is 0.163. The first kappa shape index (κ1) is 18.5. The van der Waals surface area contributed by atoms with Gasteiger partial charge in [-0.15, -0.1) is 0 Å². The highest BCUT2D eigenvalue weighted by atomic mass is 16.2. The van der Waals surface area contributed by atoms with E-state index in [0.29, 0.717) is 23.7 Å². The van der Waals surface area contributed by atoms with Crippen molar-refractivity contribution < 1.29 is 9.59 Å². The lowest BCUT2D eigenvalue weighted by molar-refractivity contribution is -0.138. The zero-order chi connectivity index (χ0) is 19.7. The van der Waals surface area contributed by atoms with Gasteiger partial charge < -0.3 is 4.90 Å². The van der Waals surface area contributed by atoms with Crippen molar-refractivity contribution in [3.05, 3.63) is 77.0 Å². The number of hydrogen-bond acceptors (Lipinski definition) is 3. The molecule has 2 heterocycles. The average Bonchev–Trinajstić information content (AvgIpc) is 2.94. The topological polar surface area (TPSA) is 40.6 Å². The number of carbonyl (C=O) groups excluding carboxylic acids is 2. The first-order valence-corrected chi connectivity index (χ1v) is 10.0. The SMILES string of the molecule is Cc1ccc(C2=C(N3CCCC(C)C3)C(=O)N(Cc3ccccc3)C2=O)cc1. The van der Waals surface area contributed by atoms with E-state index >= 15 is 0 Å². The van der Waals surface area contributed by atoms with Gasteiger partial charge in [0.15, 0.2) is 0 Å². The maximum atomic E-state index is 13.4. The Bertz CT molecular complexity index is 915. The Morgan fingerprint density at radius 2 is 1.68 bits per heavy atom. The molecule has 1 saturated heterocycles. The lowest BCUT2D eigenvalue weighted by atomic mass is 9.97. The molecule has 2 aliphatic heterocycles. The third-order valence-corrected chi connectivity index (χ3v) is 5.64. The van der Waals surface area contributed by atoms with E-state index in [2.05, 4.69) is 11.8 Å². The lowest BCUT2D eigenvalue weighted by Crippen LogP contribution is -2.39. The van der Waals surface area contributed by atoms with Crippen molar-refractivity contribution in [2.45, 2.75) is 33.2 Å². The van der Waals surface area contributed by atoms with Crippen LogP contribution < -0.4 is 0 Å². The number of aryl methyl sites for hydroxylation is 1. The van der Waals surface area contributed by atoms with Gasteiger partial charge in [-0.3, -0.25) is 14.5 Å². The first-order chi connectivity index (χ1) is 13.5. The second-order valence-electron chi connectivity index (χ2n) is 7.97. The zero-order valence-electron chi connectivity index (χ0n) is 16.5. The number of imide groups is 1. The molecule has 1 atom stereocenters. The number of amides is 2. The summed E-state index contributed by atoms with van der Waals surface area (Å²) in [5, 5.41) is 0. The fourth-order valence-electron chi connectivity index (χ4n) is 4.14. The molecule has 4 nitrogen and oxygen atoms in total. The van der Waals surface area contributed by atoms with Crippen LogP contribution in [0.15, 0.2) is 60.3 Å². The van der Waals surface area contributed by atoms with E-state index in [9.17, 15) is 9.59 Å². The minimum absolute atomic E-state index is 0.168. The van der Waals surface area contributed by atoms with Crippen molar-refractivity contribution in [3.63, 3.8) is 0 Å². The van der Waals surface area contributed by atoms with Gasteiger partial charge in [0, 0.05) is 13.1 Å². The number of nitrogens with zero attached hydrogens (tertiary/aromatic N) is 2. The van der Waals surface area contributed by atoms with Crippen molar-refractivity contribution in [3.8, 4) is 0 Å². The van der Waals surface area contributed by atoms with E-state index in [1.807, 2.05) is 61.5 Å². The van der Waals surface area contributed by atoms with Crippen molar-refractivity contribution in [1.29, 1.82) is 0 Å². The fraction of sp³-hybridized carbons (Fsp3) is 0.333. The standard InChI is InChI=1S/C24H26N2O2/c1-17-10-12-20(13-11-17)21-22(25-14-6-7-18(2)15-25)24(28)26(23(21)27)16-19-8-4-3-5-9-19/h3-5,8-13,18H,6-7,14-16H2,1-2H3. The van der Waals surface area contributed by atoms with Gasteiger partial charge in [-0.2, -0.15) is 0 Å². The van der Waals surface area contributed by atoms with Gasteiger partial charge in [0.2, 0.25) is 0 Å². The summed E-state index contributed by atoms with van der Waals surface area (Å²) in [6.07, 6.45) is 2.21. The number of carbonyl (C=O) groups is 2. The van der Waals surface area contributed by atoms with Crippen LogP contribution in [0.25, 0.3) is 5.57 Å². The molecule has 2 aromatic carbocycles. The summed E-state index contributed by atoms with van der Waals surface area (Å²) in [6, 6.07) is 17.6. The molecule has 2 amide bonds. The number of rotatable bonds is 4. The quantitative estimate of drug-likeness (QED) is 0.760. The molecule has 0 saturated carbocycles. The van der Waals surface area contributed by atoms with E-state index < -0.39 is 0 Å². The smallest absolute Gasteiger partial charge is 0.278 e. The van der Waals surface area contributed by atoms with Crippen LogP contribution in [-0.4, -0.2) is 34.7 Å². The Balaban J connectivity index is 1.74. The second-order valence-corrected chi connectivity index (χ2v) is 7.97. The van der Waals surface area contributed by atoms with Crippen LogP contribution in [0, 0.1) is 12.8 Å². The molecular weight excluding hydrogens is 348 g/mol. The Kier molecular flexibility index (Phi) is 5.03. The van der Waals surface area contributed by atoms with Gasteiger partial charge in [0.1, 0.15) is 5.70 Å². The summed E-state index contributed by atoms with van der Waals surface area (Å²) >= 11 is 0. The molecule has 2 aromatic rings. The molecule has 4 rings (SSSR count). The van der Waals surface area contributed by atoms with Crippen LogP contribution in [0.4, 0.5) is 0 Å². The monoisotopic (exact) mass is 374 g/mol. The van der Waals surface area contributed by atoms with Crippen molar-refractivity contribution >= 4 is 17.4 Å². The molecule has 144 valence electrons. The Hall–Kier alpha value is -2.88. The molecule has 4 heteroatoms. The van der Waals surface area contributed by atoms with Gasteiger partial charge >= 0.3 is 0 Å². The molecular formula is C24H26N2O2. The van der Waals surface area contributed by atoms with E-state index in [1.54, 1.807) is 0 Å². The minimum atomic E-state index is -0.189. The Morgan fingerprint density at radius 1 is 0.964 bits per heavy atom. The molecule has 0 aliphatic carbocycles.